The van der Waals surface area contributed by atoms with Gasteiger partial charge in [0, 0.05) is 30.2 Å². The van der Waals surface area contributed by atoms with Gasteiger partial charge in [0.1, 0.15) is 0 Å². The Labute approximate surface area is 106 Å². The van der Waals surface area contributed by atoms with E-state index < -0.39 is 0 Å². The molecule has 5 heteroatoms. The van der Waals surface area contributed by atoms with E-state index in [1.165, 1.54) is 0 Å². The monoisotopic (exact) mass is 254 g/mol. The normalized spacial score (nSPS) is 10.2. The van der Waals surface area contributed by atoms with Gasteiger partial charge in [-0.1, -0.05) is 0 Å². The van der Waals surface area contributed by atoms with Crippen LogP contribution in [0.3, 0.4) is 0 Å². The second-order valence-corrected chi connectivity index (χ2v) is 4.83. The van der Waals surface area contributed by atoms with Gasteiger partial charge in [-0.25, -0.2) is 0 Å². The number of aliphatic hydroxyl groups excluding tert-OH is 1. The summed E-state index contributed by atoms with van der Waals surface area (Å²) >= 11 is 1.68. The molecule has 0 heterocycles. The molecule has 0 unspecified atom stereocenters. The van der Waals surface area contributed by atoms with Crippen molar-refractivity contribution < 1.29 is 9.90 Å². The van der Waals surface area contributed by atoms with Crippen molar-refractivity contribution in [2.75, 3.05) is 29.2 Å². The van der Waals surface area contributed by atoms with E-state index >= 15 is 0 Å². The van der Waals surface area contributed by atoms with Crippen LogP contribution in [0.15, 0.2) is 24.3 Å². The number of rotatable bonds is 7. The van der Waals surface area contributed by atoms with Gasteiger partial charge in [-0.15, -0.1) is 0 Å². The van der Waals surface area contributed by atoms with Gasteiger partial charge in [0.15, 0.2) is 0 Å². The molecule has 0 fully saturated rings. The van der Waals surface area contributed by atoms with Gasteiger partial charge in [-0.3, -0.25) is 4.79 Å². The van der Waals surface area contributed by atoms with Crippen LogP contribution < -0.4 is 11.1 Å². The van der Waals surface area contributed by atoms with Crippen LogP contribution in [0.2, 0.25) is 0 Å². The zero-order valence-electron chi connectivity index (χ0n) is 9.69. The van der Waals surface area contributed by atoms with Crippen molar-refractivity contribution in [2.24, 2.45) is 0 Å². The van der Waals surface area contributed by atoms with E-state index in [0.717, 1.165) is 23.6 Å². The highest BCUT2D eigenvalue weighted by molar-refractivity contribution is 7.99. The molecule has 0 aromatic heterocycles. The first-order valence-electron chi connectivity index (χ1n) is 5.56. The fourth-order valence-corrected chi connectivity index (χ4v) is 2.09. The molecule has 94 valence electrons. The summed E-state index contributed by atoms with van der Waals surface area (Å²) in [7, 11) is 0. The third-order valence-corrected chi connectivity index (χ3v) is 3.18. The number of hydrogen-bond donors (Lipinski definition) is 3. The molecule has 0 bridgehead atoms. The van der Waals surface area contributed by atoms with E-state index in [4.69, 9.17) is 10.8 Å². The zero-order chi connectivity index (χ0) is 12.5. The molecule has 0 saturated heterocycles. The van der Waals surface area contributed by atoms with E-state index in [-0.39, 0.29) is 12.5 Å². The number of benzene rings is 1. The number of carbonyl (C=O) groups excluding carboxylic acids is 1. The van der Waals surface area contributed by atoms with Crippen LogP contribution >= 0.6 is 11.8 Å². The Balaban J connectivity index is 2.18. The Bertz CT molecular complexity index is 341. The molecule has 0 atom stereocenters. The average Bonchev–Trinajstić information content (AvgIpc) is 2.32. The molecule has 0 aliphatic rings. The molecule has 0 saturated carbocycles. The molecule has 1 aromatic rings. The maximum absolute atomic E-state index is 11.5. The first-order valence-corrected chi connectivity index (χ1v) is 6.72. The van der Waals surface area contributed by atoms with Crippen molar-refractivity contribution >= 4 is 29.0 Å². The van der Waals surface area contributed by atoms with Gasteiger partial charge in [0.2, 0.25) is 5.91 Å². The van der Waals surface area contributed by atoms with Crippen LogP contribution in [0.25, 0.3) is 0 Å². The summed E-state index contributed by atoms with van der Waals surface area (Å²) in [6, 6.07) is 7.08. The lowest BCUT2D eigenvalue weighted by atomic mass is 10.3. The summed E-state index contributed by atoms with van der Waals surface area (Å²) in [6.45, 7) is 0.213. The first kappa shape index (κ1) is 13.9. The zero-order valence-corrected chi connectivity index (χ0v) is 10.5. The topological polar surface area (TPSA) is 75.3 Å². The molecule has 1 amide bonds. The Morgan fingerprint density at radius 3 is 2.65 bits per heavy atom. The lowest BCUT2D eigenvalue weighted by Crippen LogP contribution is -2.12. The fourth-order valence-electron chi connectivity index (χ4n) is 1.22. The van der Waals surface area contributed by atoms with Crippen molar-refractivity contribution in [2.45, 2.75) is 12.8 Å². The number of anilines is 2. The predicted octanol–water partition coefficient (Wildman–Crippen LogP) is 1.71. The van der Waals surface area contributed by atoms with Gasteiger partial charge >= 0.3 is 0 Å². The summed E-state index contributed by atoms with van der Waals surface area (Å²) in [5.41, 5.74) is 7.00. The number of nitrogen functional groups attached to an aromatic ring is 1. The smallest absolute Gasteiger partial charge is 0.225 e. The number of thioether (sulfide) groups is 1. The molecule has 1 rings (SSSR count). The summed E-state index contributed by atoms with van der Waals surface area (Å²) in [5, 5.41) is 11.4. The molecule has 0 radical (unpaired) electrons. The van der Waals surface area contributed by atoms with E-state index in [1.54, 1.807) is 36.0 Å². The lowest BCUT2D eigenvalue weighted by Gasteiger charge is -2.05. The number of aliphatic hydroxyl groups is 1. The first-order chi connectivity index (χ1) is 8.22. The summed E-state index contributed by atoms with van der Waals surface area (Å²) in [4.78, 5) is 11.5. The molecule has 17 heavy (non-hydrogen) atoms. The fraction of sp³-hybridized carbons (Fsp3) is 0.417. The Morgan fingerprint density at radius 2 is 2.00 bits per heavy atom. The standard InChI is InChI=1S/C12H18N2O2S/c13-10-2-4-11(5-3-10)14-12(16)6-9-17-8-1-7-15/h2-5,15H,1,6-9,13H2,(H,14,16). The van der Waals surface area contributed by atoms with Crippen LogP contribution in [0.1, 0.15) is 12.8 Å². The van der Waals surface area contributed by atoms with E-state index in [1.807, 2.05) is 0 Å². The summed E-state index contributed by atoms with van der Waals surface area (Å²) < 4.78 is 0. The second kappa shape index (κ2) is 7.97. The quantitative estimate of drug-likeness (QED) is 0.511. The van der Waals surface area contributed by atoms with Crippen LogP contribution in [-0.4, -0.2) is 29.1 Å². The number of carbonyl (C=O) groups is 1. The van der Waals surface area contributed by atoms with Gasteiger partial charge in [-0.2, -0.15) is 11.8 Å². The third-order valence-electron chi connectivity index (χ3n) is 2.11. The number of hydrogen-bond acceptors (Lipinski definition) is 4. The molecule has 4 N–H and O–H groups in total. The van der Waals surface area contributed by atoms with Crippen molar-refractivity contribution in [3.63, 3.8) is 0 Å². The van der Waals surface area contributed by atoms with Crippen LogP contribution in [0.5, 0.6) is 0 Å². The highest BCUT2D eigenvalue weighted by Crippen LogP contribution is 2.11. The number of nitrogens with one attached hydrogen (secondary N) is 1. The minimum absolute atomic E-state index is 0.00581. The Morgan fingerprint density at radius 1 is 1.29 bits per heavy atom. The van der Waals surface area contributed by atoms with E-state index in [0.29, 0.717) is 12.1 Å². The van der Waals surface area contributed by atoms with E-state index in [2.05, 4.69) is 5.32 Å². The molecule has 4 nitrogen and oxygen atoms in total. The minimum Gasteiger partial charge on any atom is -0.399 e. The highest BCUT2D eigenvalue weighted by Gasteiger charge is 2.01. The summed E-state index contributed by atoms with van der Waals surface area (Å²) in [5.74, 6) is 1.68. The summed E-state index contributed by atoms with van der Waals surface area (Å²) in [6.07, 6.45) is 1.27. The SMILES string of the molecule is Nc1ccc(NC(=O)CCSCCCO)cc1. The number of amides is 1. The molecular formula is C12H18N2O2S. The molecule has 0 aliphatic heterocycles. The lowest BCUT2D eigenvalue weighted by molar-refractivity contribution is -0.115. The molecule has 0 spiro atoms. The largest absolute Gasteiger partial charge is 0.399 e. The molecule has 1 aromatic carbocycles. The maximum Gasteiger partial charge on any atom is 0.225 e. The maximum atomic E-state index is 11.5. The second-order valence-electron chi connectivity index (χ2n) is 3.61. The number of nitrogens with two attached hydrogens (primary N) is 1. The Hall–Kier alpha value is -1.20. The average molecular weight is 254 g/mol. The van der Waals surface area contributed by atoms with Crippen LogP contribution in [0.4, 0.5) is 11.4 Å². The van der Waals surface area contributed by atoms with Gasteiger partial charge < -0.3 is 16.2 Å². The van der Waals surface area contributed by atoms with Crippen molar-refractivity contribution in [1.82, 2.24) is 0 Å². The van der Waals surface area contributed by atoms with Gasteiger partial charge in [0.05, 0.1) is 0 Å². The molecule has 0 aliphatic carbocycles. The van der Waals surface area contributed by atoms with Crippen LogP contribution in [-0.2, 0) is 4.79 Å². The van der Waals surface area contributed by atoms with Crippen molar-refractivity contribution in [3.05, 3.63) is 24.3 Å². The van der Waals surface area contributed by atoms with Crippen LogP contribution in [0, 0.1) is 0 Å². The highest BCUT2D eigenvalue weighted by atomic mass is 32.2. The van der Waals surface area contributed by atoms with Crippen molar-refractivity contribution in [1.29, 1.82) is 0 Å². The predicted molar refractivity (Wildman–Crippen MR) is 73.1 cm³/mol. The van der Waals surface area contributed by atoms with Crippen molar-refractivity contribution in [3.8, 4) is 0 Å². The van der Waals surface area contributed by atoms with Gasteiger partial charge in [0.25, 0.3) is 0 Å². The molecular weight excluding hydrogens is 236 g/mol. The Kier molecular flexibility index (Phi) is 6.50. The minimum atomic E-state index is 0.00581. The van der Waals surface area contributed by atoms with E-state index in [9.17, 15) is 4.79 Å². The third kappa shape index (κ3) is 6.19. The van der Waals surface area contributed by atoms with Gasteiger partial charge in [-0.05, 0) is 36.4 Å².